The van der Waals surface area contributed by atoms with Crippen molar-refractivity contribution < 1.29 is 9.53 Å². The molecule has 0 unspecified atom stereocenters. The minimum absolute atomic E-state index is 0.150. The lowest BCUT2D eigenvalue weighted by atomic mass is 9.86. The van der Waals surface area contributed by atoms with Gasteiger partial charge in [0.2, 0.25) is 5.91 Å². The maximum atomic E-state index is 11.9. The second-order valence-corrected chi connectivity index (χ2v) is 7.60. The van der Waals surface area contributed by atoms with Crippen molar-refractivity contribution in [1.29, 1.82) is 0 Å². The van der Waals surface area contributed by atoms with Gasteiger partial charge in [0, 0.05) is 26.1 Å². The van der Waals surface area contributed by atoms with Gasteiger partial charge in [-0.15, -0.1) is 0 Å². The summed E-state index contributed by atoms with van der Waals surface area (Å²) in [5.41, 5.74) is 2.74. The van der Waals surface area contributed by atoms with Gasteiger partial charge in [-0.2, -0.15) is 0 Å². The van der Waals surface area contributed by atoms with E-state index in [4.69, 9.17) is 4.74 Å². The van der Waals surface area contributed by atoms with Crippen LogP contribution in [0.4, 0.5) is 0 Å². The highest BCUT2D eigenvalue weighted by atomic mass is 16.5. The van der Waals surface area contributed by atoms with Crippen molar-refractivity contribution >= 4 is 5.91 Å². The SMILES string of the molecule is CC(C)(C)c1ccc(CCC(=O)NCCCN2CCOCC2)cc1. The molecule has 1 saturated heterocycles. The lowest BCUT2D eigenvalue weighted by Gasteiger charge is -2.26. The first-order valence-electron chi connectivity index (χ1n) is 9.11. The van der Waals surface area contributed by atoms with E-state index in [1.54, 1.807) is 0 Å². The first kappa shape index (κ1) is 18.9. The van der Waals surface area contributed by atoms with Gasteiger partial charge < -0.3 is 10.1 Å². The van der Waals surface area contributed by atoms with Crippen LogP contribution in [0.5, 0.6) is 0 Å². The largest absolute Gasteiger partial charge is 0.379 e. The van der Waals surface area contributed by atoms with Crippen molar-refractivity contribution in [2.75, 3.05) is 39.4 Å². The smallest absolute Gasteiger partial charge is 0.220 e. The number of aryl methyl sites for hydroxylation is 1. The van der Waals surface area contributed by atoms with E-state index in [0.29, 0.717) is 6.42 Å². The summed E-state index contributed by atoms with van der Waals surface area (Å²) >= 11 is 0. The van der Waals surface area contributed by atoms with E-state index in [2.05, 4.69) is 55.3 Å². The quantitative estimate of drug-likeness (QED) is 0.781. The lowest BCUT2D eigenvalue weighted by molar-refractivity contribution is -0.121. The number of carbonyl (C=O) groups is 1. The minimum atomic E-state index is 0.150. The Balaban J connectivity index is 1.60. The van der Waals surface area contributed by atoms with Crippen molar-refractivity contribution in [3.8, 4) is 0 Å². The topological polar surface area (TPSA) is 41.6 Å². The van der Waals surface area contributed by atoms with Crippen LogP contribution in [-0.2, 0) is 21.4 Å². The zero-order chi connectivity index (χ0) is 17.4. The Hall–Kier alpha value is -1.39. The van der Waals surface area contributed by atoms with Gasteiger partial charge in [-0.05, 0) is 35.9 Å². The molecule has 0 aromatic heterocycles. The number of morpholine rings is 1. The fourth-order valence-electron chi connectivity index (χ4n) is 2.87. The molecular weight excluding hydrogens is 300 g/mol. The summed E-state index contributed by atoms with van der Waals surface area (Å²) in [5.74, 6) is 0.150. The monoisotopic (exact) mass is 332 g/mol. The molecule has 1 amide bonds. The van der Waals surface area contributed by atoms with E-state index in [0.717, 1.165) is 52.2 Å². The number of nitrogens with one attached hydrogen (secondary N) is 1. The fraction of sp³-hybridized carbons (Fsp3) is 0.650. The second-order valence-electron chi connectivity index (χ2n) is 7.60. The summed E-state index contributed by atoms with van der Waals surface area (Å²) in [5, 5.41) is 3.03. The summed E-state index contributed by atoms with van der Waals surface area (Å²) < 4.78 is 5.33. The second kappa shape index (κ2) is 9.19. The Morgan fingerprint density at radius 1 is 1.17 bits per heavy atom. The molecule has 0 aliphatic carbocycles. The maximum absolute atomic E-state index is 11.9. The van der Waals surface area contributed by atoms with Gasteiger partial charge in [-0.25, -0.2) is 0 Å². The molecule has 2 rings (SSSR count). The van der Waals surface area contributed by atoms with Crippen LogP contribution in [0.25, 0.3) is 0 Å². The van der Waals surface area contributed by atoms with Crippen molar-refractivity contribution in [3.05, 3.63) is 35.4 Å². The van der Waals surface area contributed by atoms with E-state index in [9.17, 15) is 4.79 Å². The molecule has 1 aromatic rings. The Bertz CT molecular complexity index is 499. The lowest BCUT2D eigenvalue weighted by Crippen LogP contribution is -2.38. The minimum Gasteiger partial charge on any atom is -0.379 e. The van der Waals surface area contributed by atoms with Crippen LogP contribution in [0.15, 0.2) is 24.3 Å². The van der Waals surface area contributed by atoms with Gasteiger partial charge in [-0.3, -0.25) is 9.69 Å². The molecule has 0 spiro atoms. The zero-order valence-electron chi connectivity index (χ0n) is 15.4. The number of nitrogens with zero attached hydrogens (tertiary/aromatic N) is 1. The maximum Gasteiger partial charge on any atom is 0.220 e. The van der Waals surface area contributed by atoms with Crippen LogP contribution < -0.4 is 5.32 Å². The predicted octanol–water partition coefficient (Wildman–Crippen LogP) is 2.76. The zero-order valence-corrected chi connectivity index (χ0v) is 15.4. The number of hydrogen-bond donors (Lipinski definition) is 1. The van der Waals surface area contributed by atoms with Crippen molar-refractivity contribution in [3.63, 3.8) is 0 Å². The molecule has 0 saturated carbocycles. The van der Waals surface area contributed by atoms with Gasteiger partial charge in [0.1, 0.15) is 0 Å². The number of carbonyl (C=O) groups excluding carboxylic acids is 1. The van der Waals surface area contributed by atoms with Crippen molar-refractivity contribution in [2.24, 2.45) is 0 Å². The van der Waals surface area contributed by atoms with E-state index in [-0.39, 0.29) is 11.3 Å². The number of benzene rings is 1. The fourth-order valence-corrected chi connectivity index (χ4v) is 2.87. The molecule has 1 aromatic carbocycles. The Labute approximate surface area is 146 Å². The van der Waals surface area contributed by atoms with E-state index in [1.165, 1.54) is 11.1 Å². The summed E-state index contributed by atoms with van der Waals surface area (Å²) in [6.07, 6.45) is 2.37. The van der Waals surface area contributed by atoms with E-state index < -0.39 is 0 Å². The molecule has 0 radical (unpaired) electrons. The van der Waals surface area contributed by atoms with Crippen LogP contribution in [0, 0.1) is 0 Å². The van der Waals surface area contributed by atoms with Crippen LogP contribution >= 0.6 is 0 Å². The van der Waals surface area contributed by atoms with Gasteiger partial charge in [-0.1, -0.05) is 45.0 Å². The Kier molecular flexibility index (Phi) is 7.25. The molecule has 24 heavy (non-hydrogen) atoms. The average molecular weight is 332 g/mol. The van der Waals surface area contributed by atoms with Gasteiger partial charge >= 0.3 is 0 Å². The van der Waals surface area contributed by atoms with Crippen molar-refractivity contribution in [1.82, 2.24) is 10.2 Å². The first-order chi connectivity index (χ1) is 11.4. The molecule has 0 atom stereocenters. The molecular formula is C20H32N2O2. The normalized spacial score (nSPS) is 16.1. The Morgan fingerprint density at radius 2 is 1.83 bits per heavy atom. The highest BCUT2D eigenvalue weighted by molar-refractivity contribution is 5.76. The van der Waals surface area contributed by atoms with Gasteiger partial charge in [0.05, 0.1) is 13.2 Å². The molecule has 1 aliphatic heterocycles. The molecule has 4 heteroatoms. The number of amides is 1. The summed E-state index contributed by atoms with van der Waals surface area (Å²) in [4.78, 5) is 14.3. The first-order valence-corrected chi connectivity index (χ1v) is 9.11. The van der Waals surface area contributed by atoms with E-state index in [1.807, 2.05) is 0 Å². The van der Waals surface area contributed by atoms with Crippen LogP contribution in [0.2, 0.25) is 0 Å². The molecule has 134 valence electrons. The average Bonchev–Trinajstić information content (AvgIpc) is 2.57. The molecule has 1 heterocycles. The third-order valence-corrected chi connectivity index (χ3v) is 4.54. The molecule has 4 nitrogen and oxygen atoms in total. The van der Waals surface area contributed by atoms with Crippen molar-refractivity contribution in [2.45, 2.75) is 45.4 Å². The number of rotatable bonds is 7. The van der Waals surface area contributed by atoms with Gasteiger partial charge in [0.25, 0.3) is 0 Å². The van der Waals surface area contributed by atoms with Gasteiger partial charge in [0.15, 0.2) is 0 Å². The number of ether oxygens (including phenoxy) is 1. The Morgan fingerprint density at radius 3 is 2.46 bits per heavy atom. The highest BCUT2D eigenvalue weighted by Gasteiger charge is 2.13. The third-order valence-electron chi connectivity index (χ3n) is 4.54. The summed E-state index contributed by atoms with van der Waals surface area (Å²) in [7, 11) is 0. The highest BCUT2D eigenvalue weighted by Crippen LogP contribution is 2.22. The van der Waals surface area contributed by atoms with Crippen LogP contribution in [0.1, 0.15) is 44.7 Å². The van der Waals surface area contributed by atoms with Crippen LogP contribution in [-0.4, -0.2) is 50.2 Å². The third kappa shape index (κ3) is 6.62. The van der Waals surface area contributed by atoms with Crippen LogP contribution in [0.3, 0.4) is 0 Å². The molecule has 1 N–H and O–H groups in total. The summed E-state index contributed by atoms with van der Waals surface area (Å²) in [6.45, 7) is 12.1. The predicted molar refractivity (Wildman–Crippen MR) is 98.3 cm³/mol. The van der Waals surface area contributed by atoms with E-state index >= 15 is 0 Å². The molecule has 1 fully saturated rings. The molecule has 0 bridgehead atoms. The summed E-state index contributed by atoms with van der Waals surface area (Å²) in [6, 6.07) is 8.64. The molecule has 1 aliphatic rings. The number of hydrogen-bond acceptors (Lipinski definition) is 3. The standard InChI is InChI=1S/C20H32N2O2/c1-20(2,3)18-8-5-17(6-9-18)7-10-19(23)21-11-4-12-22-13-15-24-16-14-22/h5-6,8-9H,4,7,10-16H2,1-3H3,(H,21,23).